The van der Waals surface area contributed by atoms with Crippen LogP contribution in [0.3, 0.4) is 0 Å². The van der Waals surface area contributed by atoms with Crippen LogP contribution in [0.1, 0.15) is 30.9 Å². The molecule has 1 heterocycles. The molecule has 1 atom stereocenters. The number of amides is 1. The van der Waals surface area contributed by atoms with Gasteiger partial charge in [-0.05, 0) is 31.9 Å². The van der Waals surface area contributed by atoms with Crippen LogP contribution in [-0.2, 0) is 11.3 Å². The largest absolute Gasteiger partial charge is 0.330 e. The van der Waals surface area contributed by atoms with Crippen LogP contribution in [-0.4, -0.2) is 23.2 Å². The molecule has 1 aromatic rings. The van der Waals surface area contributed by atoms with Gasteiger partial charge in [-0.3, -0.25) is 4.79 Å². The molecular formula is C15H21N3O. The summed E-state index contributed by atoms with van der Waals surface area (Å²) in [6, 6.07) is 8.17. The first kappa shape index (κ1) is 13.7. The van der Waals surface area contributed by atoms with E-state index < -0.39 is 0 Å². The third-order valence-electron chi connectivity index (χ3n) is 3.44. The van der Waals surface area contributed by atoms with E-state index in [9.17, 15) is 4.79 Å². The Morgan fingerprint density at radius 2 is 2.21 bits per heavy atom. The molecule has 1 aliphatic rings. The molecule has 1 amide bonds. The highest BCUT2D eigenvalue weighted by Gasteiger charge is 2.33. The van der Waals surface area contributed by atoms with Crippen LogP contribution in [0.2, 0.25) is 0 Å². The van der Waals surface area contributed by atoms with Crippen LogP contribution in [0.4, 0.5) is 0 Å². The first-order chi connectivity index (χ1) is 9.15. The minimum atomic E-state index is -0.111. The second-order valence-electron chi connectivity index (χ2n) is 4.96. The van der Waals surface area contributed by atoms with Gasteiger partial charge in [0, 0.05) is 0 Å². The number of aryl methyl sites for hydroxylation is 1. The molecule has 2 rings (SSSR count). The average molecular weight is 259 g/mol. The number of nitrogens with two attached hydrogens (primary N) is 1. The van der Waals surface area contributed by atoms with E-state index in [0.717, 1.165) is 17.7 Å². The Morgan fingerprint density at radius 1 is 1.42 bits per heavy atom. The normalized spacial score (nSPS) is 18.9. The molecule has 0 aromatic heterocycles. The van der Waals surface area contributed by atoms with E-state index >= 15 is 0 Å². The molecule has 102 valence electrons. The van der Waals surface area contributed by atoms with Crippen LogP contribution in [0.15, 0.2) is 29.4 Å². The molecule has 0 saturated carbocycles. The maximum atomic E-state index is 12.3. The zero-order valence-corrected chi connectivity index (χ0v) is 11.6. The summed E-state index contributed by atoms with van der Waals surface area (Å²) >= 11 is 0. The molecule has 4 heteroatoms. The Balaban J connectivity index is 2.13. The summed E-state index contributed by atoms with van der Waals surface area (Å²) in [6.07, 6.45) is 1.50. The van der Waals surface area contributed by atoms with E-state index in [0.29, 0.717) is 19.5 Å². The Kier molecular flexibility index (Phi) is 4.32. The average Bonchev–Trinajstić information content (AvgIpc) is 2.68. The first-order valence-electron chi connectivity index (χ1n) is 6.80. The first-order valence-corrected chi connectivity index (χ1v) is 6.80. The quantitative estimate of drug-likeness (QED) is 0.880. The van der Waals surface area contributed by atoms with Crippen molar-refractivity contribution in [1.82, 2.24) is 5.01 Å². The van der Waals surface area contributed by atoms with Gasteiger partial charge < -0.3 is 5.73 Å². The van der Waals surface area contributed by atoms with Gasteiger partial charge in [0.2, 0.25) is 0 Å². The van der Waals surface area contributed by atoms with Crippen molar-refractivity contribution in [2.45, 2.75) is 33.2 Å². The summed E-state index contributed by atoms with van der Waals surface area (Å²) < 4.78 is 0. The van der Waals surface area contributed by atoms with Gasteiger partial charge in [-0.2, -0.15) is 5.10 Å². The third-order valence-corrected chi connectivity index (χ3v) is 3.44. The van der Waals surface area contributed by atoms with E-state index in [-0.39, 0.29) is 11.8 Å². The number of carbonyl (C=O) groups excluding carboxylic acids is 1. The minimum Gasteiger partial charge on any atom is -0.330 e. The smallest absolute Gasteiger partial charge is 0.251 e. The van der Waals surface area contributed by atoms with Gasteiger partial charge >= 0.3 is 0 Å². The number of carbonyl (C=O) groups is 1. The molecule has 0 radical (unpaired) electrons. The van der Waals surface area contributed by atoms with Gasteiger partial charge in [-0.15, -0.1) is 0 Å². The second-order valence-corrected chi connectivity index (χ2v) is 4.96. The summed E-state index contributed by atoms with van der Waals surface area (Å²) in [4.78, 5) is 12.3. The number of hydrazone groups is 1. The van der Waals surface area contributed by atoms with Gasteiger partial charge in [0.05, 0.1) is 18.2 Å². The fraction of sp³-hybridized carbons (Fsp3) is 0.467. The molecule has 0 aliphatic carbocycles. The highest BCUT2D eigenvalue weighted by atomic mass is 16.2. The van der Waals surface area contributed by atoms with E-state index in [1.54, 1.807) is 5.01 Å². The number of benzene rings is 1. The van der Waals surface area contributed by atoms with E-state index in [2.05, 4.69) is 11.2 Å². The molecule has 19 heavy (non-hydrogen) atoms. The third kappa shape index (κ3) is 3.01. The Bertz CT molecular complexity index is 496. The lowest BCUT2D eigenvalue weighted by Crippen LogP contribution is -2.28. The molecule has 1 aromatic carbocycles. The zero-order valence-electron chi connectivity index (χ0n) is 11.6. The van der Waals surface area contributed by atoms with Crippen molar-refractivity contribution >= 4 is 11.6 Å². The van der Waals surface area contributed by atoms with Crippen LogP contribution in [0.5, 0.6) is 0 Å². The van der Waals surface area contributed by atoms with Gasteiger partial charge in [-0.25, -0.2) is 5.01 Å². The predicted molar refractivity (Wildman–Crippen MR) is 76.6 cm³/mol. The summed E-state index contributed by atoms with van der Waals surface area (Å²) in [5, 5.41) is 6.05. The highest BCUT2D eigenvalue weighted by Crippen LogP contribution is 2.22. The maximum Gasteiger partial charge on any atom is 0.251 e. The zero-order chi connectivity index (χ0) is 13.8. The van der Waals surface area contributed by atoms with Crippen molar-refractivity contribution in [3.05, 3.63) is 35.4 Å². The van der Waals surface area contributed by atoms with E-state index in [4.69, 9.17) is 5.73 Å². The molecule has 2 N–H and O–H groups in total. The van der Waals surface area contributed by atoms with Gasteiger partial charge in [0.25, 0.3) is 5.91 Å². The summed E-state index contributed by atoms with van der Waals surface area (Å²) in [5.41, 5.74) is 8.85. The van der Waals surface area contributed by atoms with Crippen molar-refractivity contribution < 1.29 is 4.79 Å². The van der Waals surface area contributed by atoms with Crippen molar-refractivity contribution in [2.75, 3.05) is 6.54 Å². The molecule has 4 nitrogen and oxygen atoms in total. The topological polar surface area (TPSA) is 58.7 Å². The van der Waals surface area contributed by atoms with Crippen LogP contribution >= 0.6 is 0 Å². The van der Waals surface area contributed by atoms with E-state index in [1.165, 1.54) is 5.56 Å². The van der Waals surface area contributed by atoms with Crippen LogP contribution in [0, 0.1) is 12.8 Å². The number of hydrogen-bond donors (Lipinski definition) is 1. The monoisotopic (exact) mass is 259 g/mol. The molecule has 0 fully saturated rings. The van der Waals surface area contributed by atoms with Gasteiger partial charge in [0.1, 0.15) is 0 Å². The summed E-state index contributed by atoms with van der Waals surface area (Å²) in [5.74, 6) is -0.0244. The van der Waals surface area contributed by atoms with Gasteiger partial charge in [0.15, 0.2) is 0 Å². The molecular weight excluding hydrogens is 238 g/mol. The molecule has 0 spiro atoms. The SMILES string of the molecule is CCC1=NN(Cc2cccc(C)c2)C(=O)C1CCN. The summed E-state index contributed by atoms with van der Waals surface area (Å²) in [7, 11) is 0. The highest BCUT2D eigenvalue weighted by molar-refractivity contribution is 6.07. The van der Waals surface area contributed by atoms with Crippen molar-refractivity contribution in [3.63, 3.8) is 0 Å². The van der Waals surface area contributed by atoms with Crippen LogP contribution in [0.25, 0.3) is 0 Å². The molecule has 1 aliphatic heterocycles. The Labute approximate surface area is 114 Å². The predicted octanol–water partition coefficient (Wildman–Crippen LogP) is 2.07. The maximum absolute atomic E-state index is 12.3. The lowest BCUT2D eigenvalue weighted by molar-refractivity contribution is -0.132. The standard InChI is InChI=1S/C15H21N3O/c1-3-14-13(7-8-16)15(19)18(17-14)10-12-6-4-5-11(2)9-12/h4-6,9,13H,3,7-8,10,16H2,1-2H3. The fourth-order valence-electron chi connectivity index (χ4n) is 2.47. The Morgan fingerprint density at radius 3 is 2.84 bits per heavy atom. The number of rotatable bonds is 5. The van der Waals surface area contributed by atoms with E-state index in [1.807, 2.05) is 32.0 Å². The lowest BCUT2D eigenvalue weighted by atomic mass is 9.98. The second kappa shape index (κ2) is 5.97. The van der Waals surface area contributed by atoms with Crippen molar-refractivity contribution in [1.29, 1.82) is 0 Å². The summed E-state index contributed by atoms with van der Waals surface area (Å²) in [6.45, 7) is 5.15. The minimum absolute atomic E-state index is 0.0869. The number of hydrogen-bond acceptors (Lipinski definition) is 3. The van der Waals surface area contributed by atoms with Gasteiger partial charge in [-0.1, -0.05) is 36.8 Å². The van der Waals surface area contributed by atoms with Crippen molar-refractivity contribution in [3.8, 4) is 0 Å². The molecule has 1 unspecified atom stereocenters. The Hall–Kier alpha value is -1.68. The molecule has 0 bridgehead atoms. The number of nitrogens with zero attached hydrogens (tertiary/aromatic N) is 2. The van der Waals surface area contributed by atoms with Crippen molar-refractivity contribution in [2.24, 2.45) is 16.8 Å². The fourth-order valence-corrected chi connectivity index (χ4v) is 2.47. The van der Waals surface area contributed by atoms with Crippen LogP contribution < -0.4 is 5.73 Å². The lowest BCUT2D eigenvalue weighted by Gasteiger charge is -2.14. The molecule has 0 saturated heterocycles.